The number of hydrogen-bond acceptors (Lipinski definition) is 3. The van der Waals surface area contributed by atoms with Crippen molar-refractivity contribution in [1.82, 2.24) is 0 Å². The smallest absolute Gasteiger partial charge is 0.342 e. The first kappa shape index (κ1) is 6.86. The molecule has 0 bridgehead atoms. The highest BCUT2D eigenvalue weighted by atomic mass is 16.4. The van der Waals surface area contributed by atoms with E-state index in [1.807, 2.05) is 0 Å². The van der Waals surface area contributed by atoms with Gasteiger partial charge in [-0.1, -0.05) is 0 Å². The van der Waals surface area contributed by atoms with Gasteiger partial charge >= 0.3 is 5.63 Å². The summed E-state index contributed by atoms with van der Waals surface area (Å²) in [6.07, 6.45) is 1.24. The molecular weight excluding hydrogens is 132 g/mol. The van der Waals surface area contributed by atoms with Crippen molar-refractivity contribution in [1.29, 1.82) is 0 Å². The molecule has 0 aliphatic rings. The van der Waals surface area contributed by atoms with Gasteiger partial charge in [-0.05, 0) is 13.8 Å². The first-order valence-corrected chi connectivity index (χ1v) is 2.91. The average molecular weight is 140 g/mol. The first-order chi connectivity index (χ1) is 4.63. The highest BCUT2D eigenvalue weighted by Crippen LogP contribution is 2.15. The Balaban J connectivity index is 3.49. The fourth-order valence-corrected chi connectivity index (χ4v) is 0.679. The van der Waals surface area contributed by atoms with Crippen molar-refractivity contribution < 1.29 is 9.52 Å². The number of aryl methyl sites for hydroxylation is 1. The molecule has 0 aliphatic heterocycles. The maximum absolute atomic E-state index is 10.7. The van der Waals surface area contributed by atoms with Gasteiger partial charge in [0.1, 0.15) is 12.0 Å². The van der Waals surface area contributed by atoms with Gasteiger partial charge < -0.3 is 9.52 Å². The summed E-state index contributed by atoms with van der Waals surface area (Å²) in [5, 5.41) is 9.13. The molecule has 3 nitrogen and oxygen atoms in total. The highest BCUT2D eigenvalue weighted by molar-refractivity contribution is 5.33. The van der Waals surface area contributed by atoms with Crippen LogP contribution in [-0.2, 0) is 0 Å². The zero-order valence-electron chi connectivity index (χ0n) is 5.84. The predicted molar refractivity (Wildman–Crippen MR) is 36.1 cm³/mol. The number of rotatable bonds is 0. The van der Waals surface area contributed by atoms with E-state index in [0.717, 1.165) is 0 Å². The van der Waals surface area contributed by atoms with E-state index >= 15 is 0 Å². The lowest BCUT2D eigenvalue weighted by atomic mass is 10.2. The summed E-state index contributed by atoms with van der Waals surface area (Å²) in [5.74, 6) is 0.0243. The van der Waals surface area contributed by atoms with Crippen molar-refractivity contribution in [2.75, 3.05) is 0 Å². The Morgan fingerprint density at radius 2 is 2.10 bits per heavy atom. The van der Waals surface area contributed by atoms with Gasteiger partial charge in [0.05, 0.1) is 5.56 Å². The van der Waals surface area contributed by atoms with Crippen LogP contribution in [0.3, 0.4) is 0 Å². The zero-order valence-corrected chi connectivity index (χ0v) is 5.84. The summed E-state index contributed by atoms with van der Waals surface area (Å²) in [6.45, 7) is 3.19. The molecule has 1 heterocycles. The molecule has 0 saturated carbocycles. The zero-order chi connectivity index (χ0) is 7.72. The largest absolute Gasteiger partial charge is 0.507 e. The second kappa shape index (κ2) is 2.17. The van der Waals surface area contributed by atoms with Crippen molar-refractivity contribution in [3.05, 3.63) is 27.8 Å². The molecule has 0 amide bonds. The van der Waals surface area contributed by atoms with E-state index in [-0.39, 0.29) is 11.3 Å². The highest BCUT2D eigenvalue weighted by Gasteiger charge is 2.03. The Morgan fingerprint density at radius 1 is 1.50 bits per heavy atom. The minimum atomic E-state index is -0.483. The third-order valence-electron chi connectivity index (χ3n) is 1.38. The quantitative estimate of drug-likeness (QED) is 0.584. The van der Waals surface area contributed by atoms with Crippen LogP contribution in [0.2, 0.25) is 0 Å². The van der Waals surface area contributed by atoms with E-state index in [1.54, 1.807) is 6.92 Å². The Hall–Kier alpha value is -1.25. The van der Waals surface area contributed by atoms with Gasteiger partial charge in [0.2, 0.25) is 0 Å². The van der Waals surface area contributed by atoms with Crippen LogP contribution in [0, 0.1) is 13.8 Å². The summed E-state index contributed by atoms with van der Waals surface area (Å²) < 4.78 is 4.55. The Labute approximate surface area is 57.9 Å². The summed E-state index contributed by atoms with van der Waals surface area (Å²) in [7, 11) is 0. The van der Waals surface area contributed by atoms with Gasteiger partial charge in [-0.3, -0.25) is 0 Å². The monoisotopic (exact) mass is 140 g/mol. The fourth-order valence-electron chi connectivity index (χ4n) is 0.679. The molecule has 1 rings (SSSR count). The molecule has 0 spiro atoms. The Morgan fingerprint density at radius 3 is 2.60 bits per heavy atom. The van der Waals surface area contributed by atoms with Gasteiger partial charge in [0.25, 0.3) is 0 Å². The SMILES string of the molecule is Cc1coc(=O)c(C)c1O. The van der Waals surface area contributed by atoms with Crippen LogP contribution in [-0.4, -0.2) is 5.11 Å². The van der Waals surface area contributed by atoms with E-state index in [0.29, 0.717) is 5.56 Å². The molecule has 0 aliphatic carbocycles. The van der Waals surface area contributed by atoms with Crippen molar-refractivity contribution >= 4 is 0 Å². The molecule has 54 valence electrons. The average Bonchev–Trinajstić information content (AvgIpc) is 1.93. The lowest BCUT2D eigenvalue weighted by Crippen LogP contribution is -2.02. The Kier molecular flexibility index (Phi) is 1.49. The fraction of sp³-hybridized carbons (Fsp3) is 0.286. The predicted octanol–water partition coefficient (Wildman–Crippen LogP) is 0.962. The second-order valence-corrected chi connectivity index (χ2v) is 2.18. The molecular formula is C7H8O3. The molecule has 0 fully saturated rings. The molecule has 0 radical (unpaired) electrons. The molecule has 10 heavy (non-hydrogen) atoms. The summed E-state index contributed by atoms with van der Waals surface area (Å²) in [6, 6.07) is 0. The number of aromatic hydroxyl groups is 1. The van der Waals surface area contributed by atoms with Gasteiger partial charge in [-0.25, -0.2) is 4.79 Å². The van der Waals surface area contributed by atoms with Gasteiger partial charge in [0.15, 0.2) is 0 Å². The van der Waals surface area contributed by atoms with Crippen molar-refractivity contribution in [3.63, 3.8) is 0 Å². The number of hydrogen-bond donors (Lipinski definition) is 1. The van der Waals surface area contributed by atoms with Crippen molar-refractivity contribution in [2.45, 2.75) is 13.8 Å². The summed E-state index contributed by atoms with van der Waals surface area (Å²) >= 11 is 0. The van der Waals surface area contributed by atoms with Crippen molar-refractivity contribution in [3.8, 4) is 5.75 Å². The van der Waals surface area contributed by atoms with E-state index in [4.69, 9.17) is 5.11 Å². The van der Waals surface area contributed by atoms with Gasteiger partial charge in [-0.15, -0.1) is 0 Å². The molecule has 1 N–H and O–H groups in total. The summed E-state index contributed by atoms with van der Waals surface area (Å²) in [5.41, 5.74) is 0.361. The van der Waals surface area contributed by atoms with Crippen molar-refractivity contribution in [2.24, 2.45) is 0 Å². The first-order valence-electron chi connectivity index (χ1n) is 2.91. The van der Waals surface area contributed by atoms with Gasteiger partial charge in [-0.2, -0.15) is 0 Å². The minimum absolute atomic E-state index is 0.0243. The lowest BCUT2D eigenvalue weighted by Gasteiger charge is -1.97. The topological polar surface area (TPSA) is 50.4 Å². The standard InChI is InChI=1S/C7H8O3/c1-4-3-10-7(9)5(2)6(4)8/h3,8H,1-2H3. The third kappa shape index (κ3) is 0.900. The molecule has 0 atom stereocenters. The maximum atomic E-state index is 10.7. The van der Waals surface area contributed by atoms with Gasteiger partial charge in [0, 0.05) is 5.56 Å². The molecule has 1 aromatic rings. The van der Waals surface area contributed by atoms with Crippen LogP contribution in [0.25, 0.3) is 0 Å². The third-order valence-corrected chi connectivity index (χ3v) is 1.38. The van der Waals surface area contributed by atoms with Crippen LogP contribution in [0.5, 0.6) is 5.75 Å². The minimum Gasteiger partial charge on any atom is -0.507 e. The van der Waals surface area contributed by atoms with Crippen LogP contribution < -0.4 is 5.63 Å². The molecule has 3 heteroatoms. The normalized spacial score (nSPS) is 9.80. The molecule has 0 aromatic carbocycles. The molecule has 1 aromatic heterocycles. The van der Waals surface area contributed by atoms with E-state index < -0.39 is 5.63 Å². The van der Waals surface area contributed by atoms with Crippen LogP contribution in [0.1, 0.15) is 11.1 Å². The lowest BCUT2D eigenvalue weighted by molar-refractivity contribution is 0.433. The van der Waals surface area contributed by atoms with E-state index in [2.05, 4.69) is 4.42 Å². The maximum Gasteiger partial charge on any atom is 0.342 e. The van der Waals surface area contributed by atoms with Crippen LogP contribution in [0.15, 0.2) is 15.5 Å². The van der Waals surface area contributed by atoms with E-state index in [1.165, 1.54) is 13.2 Å². The van der Waals surface area contributed by atoms with Crippen LogP contribution >= 0.6 is 0 Å². The summed E-state index contributed by atoms with van der Waals surface area (Å²) in [4.78, 5) is 10.7. The molecule has 0 saturated heterocycles. The van der Waals surface area contributed by atoms with E-state index in [9.17, 15) is 4.79 Å². The molecule has 0 unspecified atom stereocenters. The van der Waals surface area contributed by atoms with Crippen LogP contribution in [0.4, 0.5) is 0 Å². The Bertz CT molecular complexity index is 298. The second-order valence-electron chi connectivity index (χ2n) is 2.18.